The first-order valence-corrected chi connectivity index (χ1v) is 10.7. The van der Waals surface area contributed by atoms with Crippen molar-refractivity contribution in [3.63, 3.8) is 0 Å². The van der Waals surface area contributed by atoms with Gasteiger partial charge in [0.1, 0.15) is 28.7 Å². The average Bonchev–Trinajstić information content (AvgIpc) is 2.77. The number of ether oxygens (including phenoxy) is 1. The Hall–Kier alpha value is -4.12. The molecule has 33 heavy (non-hydrogen) atoms. The lowest BCUT2D eigenvalue weighted by molar-refractivity contribution is 0.445. The summed E-state index contributed by atoms with van der Waals surface area (Å²) < 4.78 is 6.14. The van der Waals surface area contributed by atoms with Crippen LogP contribution in [0.3, 0.4) is 0 Å². The Bertz CT molecular complexity index is 1280. The first kappa shape index (κ1) is 22.1. The van der Waals surface area contributed by atoms with Crippen LogP contribution in [0.2, 0.25) is 0 Å². The Morgan fingerprint density at radius 1 is 0.636 bits per heavy atom. The maximum absolute atomic E-state index is 10.3. The molecule has 4 aromatic rings. The molecule has 0 saturated heterocycles. The highest BCUT2D eigenvalue weighted by atomic mass is 16.5. The van der Waals surface area contributed by atoms with E-state index in [1.54, 1.807) is 24.3 Å². The molecule has 0 aromatic heterocycles. The normalized spacial score (nSPS) is 10.8. The summed E-state index contributed by atoms with van der Waals surface area (Å²) in [5, 5.41) is 30.2. The highest BCUT2D eigenvalue weighted by Crippen LogP contribution is 2.42. The standard InChI is InChI=1S/C28H27NO4/c1-17-8-13-27(20(4)28(17)32)33-24-7-5-6-21(16-24)29(25-11-9-22(30)14-18(25)2)26-12-10-23(31)15-19(26)3/h5-16,30-32H,1-4H3. The van der Waals surface area contributed by atoms with E-state index in [9.17, 15) is 15.3 Å². The number of phenolic OH excluding ortho intramolecular Hbond substituents is 3. The van der Waals surface area contributed by atoms with Crippen molar-refractivity contribution >= 4 is 17.1 Å². The van der Waals surface area contributed by atoms with Crippen molar-refractivity contribution in [1.29, 1.82) is 0 Å². The number of aromatic hydroxyl groups is 3. The Balaban J connectivity index is 1.82. The van der Waals surface area contributed by atoms with Crippen molar-refractivity contribution in [3.05, 3.63) is 95.1 Å². The summed E-state index contributed by atoms with van der Waals surface area (Å²) in [5.41, 5.74) is 5.91. The minimum absolute atomic E-state index is 0.199. The predicted molar refractivity (Wildman–Crippen MR) is 132 cm³/mol. The van der Waals surface area contributed by atoms with Crippen LogP contribution in [0.5, 0.6) is 28.7 Å². The minimum Gasteiger partial charge on any atom is -0.508 e. The molecule has 4 aromatic carbocycles. The number of anilines is 3. The van der Waals surface area contributed by atoms with Gasteiger partial charge in [0, 0.05) is 28.7 Å². The topological polar surface area (TPSA) is 73.2 Å². The van der Waals surface area contributed by atoms with E-state index in [0.29, 0.717) is 17.1 Å². The molecular formula is C28H27NO4. The van der Waals surface area contributed by atoms with Gasteiger partial charge >= 0.3 is 0 Å². The van der Waals surface area contributed by atoms with Crippen molar-refractivity contribution in [2.75, 3.05) is 4.90 Å². The van der Waals surface area contributed by atoms with Gasteiger partial charge in [0.05, 0.1) is 0 Å². The maximum Gasteiger partial charge on any atom is 0.134 e. The smallest absolute Gasteiger partial charge is 0.134 e. The fourth-order valence-electron chi connectivity index (χ4n) is 3.93. The zero-order valence-electron chi connectivity index (χ0n) is 19.1. The minimum atomic E-state index is 0.199. The molecule has 0 spiro atoms. The van der Waals surface area contributed by atoms with Crippen molar-refractivity contribution in [2.45, 2.75) is 27.7 Å². The van der Waals surface area contributed by atoms with Crippen molar-refractivity contribution in [3.8, 4) is 28.7 Å². The zero-order valence-corrected chi connectivity index (χ0v) is 19.1. The van der Waals surface area contributed by atoms with E-state index in [1.165, 1.54) is 0 Å². The van der Waals surface area contributed by atoms with Crippen LogP contribution in [-0.2, 0) is 0 Å². The molecule has 0 unspecified atom stereocenters. The number of rotatable bonds is 5. The van der Waals surface area contributed by atoms with Crippen molar-refractivity contribution < 1.29 is 20.1 Å². The highest BCUT2D eigenvalue weighted by Gasteiger charge is 2.18. The molecule has 0 aliphatic carbocycles. The highest BCUT2D eigenvalue weighted by molar-refractivity contribution is 5.81. The van der Waals surface area contributed by atoms with Gasteiger partial charge in [-0.1, -0.05) is 12.1 Å². The molecule has 3 N–H and O–H groups in total. The van der Waals surface area contributed by atoms with Gasteiger partial charge in [-0.15, -0.1) is 0 Å². The van der Waals surface area contributed by atoms with Gasteiger partial charge in [0.15, 0.2) is 0 Å². The maximum atomic E-state index is 10.3. The monoisotopic (exact) mass is 441 g/mol. The van der Waals surface area contributed by atoms with Crippen LogP contribution >= 0.6 is 0 Å². The van der Waals surface area contributed by atoms with Gasteiger partial charge < -0.3 is 25.0 Å². The summed E-state index contributed by atoms with van der Waals surface area (Å²) in [5.74, 6) is 1.83. The lowest BCUT2D eigenvalue weighted by Crippen LogP contribution is -2.12. The Morgan fingerprint density at radius 3 is 1.82 bits per heavy atom. The average molecular weight is 442 g/mol. The third-order valence-corrected chi connectivity index (χ3v) is 5.73. The number of aryl methyl sites for hydroxylation is 3. The number of nitrogens with zero attached hydrogens (tertiary/aromatic N) is 1. The predicted octanol–water partition coefficient (Wildman–Crippen LogP) is 7.30. The molecule has 0 bridgehead atoms. The molecule has 5 nitrogen and oxygen atoms in total. The number of hydrogen-bond donors (Lipinski definition) is 3. The van der Waals surface area contributed by atoms with E-state index < -0.39 is 0 Å². The largest absolute Gasteiger partial charge is 0.508 e. The third-order valence-electron chi connectivity index (χ3n) is 5.73. The first-order chi connectivity index (χ1) is 15.7. The zero-order chi connectivity index (χ0) is 23.7. The van der Waals surface area contributed by atoms with E-state index in [2.05, 4.69) is 4.90 Å². The molecule has 0 radical (unpaired) electrons. The SMILES string of the molecule is Cc1cc(O)ccc1N(c1cccc(Oc2ccc(C)c(O)c2C)c1)c1ccc(O)cc1C. The Morgan fingerprint density at radius 2 is 1.24 bits per heavy atom. The van der Waals surface area contributed by atoms with Crippen molar-refractivity contribution in [1.82, 2.24) is 0 Å². The number of phenols is 3. The Kier molecular flexibility index (Phi) is 5.88. The lowest BCUT2D eigenvalue weighted by Gasteiger charge is -2.29. The van der Waals surface area contributed by atoms with Gasteiger partial charge in [-0.25, -0.2) is 0 Å². The van der Waals surface area contributed by atoms with Gasteiger partial charge in [0.2, 0.25) is 0 Å². The molecule has 0 saturated carbocycles. The van der Waals surface area contributed by atoms with E-state index in [0.717, 1.165) is 33.8 Å². The molecule has 0 fully saturated rings. The summed E-state index contributed by atoms with van der Waals surface area (Å²) in [6, 6.07) is 21.8. The first-order valence-electron chi connectivity index (χ1n) is 10.7. The summed E-state index contributed by atoms with van der Waals surface area (Å²) in [7, 11) is 0. The number of hydrogen-bond acceptors (Lipinski definition) is 5. The van der Waals surface area contributed by atoms with Gasteiger partial charge in [-0.3, -0.25) is 0 Å². The van der Waals surface area contributed by atoms with E-state index in [-0.39, 0.29) is 17.2 Å². The fraction of sp³-hybridized carbons (Fsp3) is 0.143. The van der Waals surface area contributed by atoms with Crippen LogP contribution in [0.25, 0.3) is 0 Å². The molecule has 168 valence electrons. The molecule has 0 amide bonds. The van der Waals surface area contributed by atoms with E-state index >= 15 is 0 Å². The summed E-state index contributed by atoms with van der Waals surface area (Å²) in [4.78, 5) is 2.07. The second-order valence-corrected chi connectivity index (χ2v) is 8.23. The van der Waals surface area contributed by atoms with Crippen LogP contribution in [0, 0.1) is 27.7 Å². The molecule has 5 heteroatoms. The van der Waals surface area contributed by atoms with Crippen LogP contribution in [-0.4, -0.2) is 15.3 Å². The van der Waals surface area contributed by atoms with E-state index in [4.69, 9.17) is 4.74 Å². The van der Waals surface area contributed by atoms with E-state index in [1.807, 2.05) is 76.2 Å². The van der Waals surface area contributed by atoms with Crippen LogP contribution in [0.4, 0.5) is 17.1 Å². The summed E-state index contributed by atoms with van der Waals surface area (Å²) in [6.07, 6.45) is 0. The van der Waals surface area contributed by atoms with Gasteiger partial charge in [0.25, 0.3) is 0 Å². The van der Waals surface area contributed by atoms with Gasteiger partial charge in [-0.2, -0.15) is 0 Å². The third kappa shape index (κ3) is 4.44. The van der Waals surface area contributed by atoms with Crippen LogP contribution < -0.4 is 9.64 Å². The second kappa shape index (κ2) is 8.79. The second-order valence-electron chi connectivity index (χ2n) is 8.23. The van der Waals surface area contributed by atoms with Crippen LogP contribution in [0.1, 0.15) is 22.3 Å². The molecule has 0 heterocycles. The van der Waals surface area contributed by atoms with Gasteiger partial charge in [-0.05, 0) is 99.0 Å². The Labute approximate surface area is 193 Å². The summed E-state index contributed by atoms with van der Waals surface area (Å²) >= 11 is 0. The quantitative estimate of drug-likeness (QED) is 0.303. The van der Waals surface area contributed by atoms with Crippen LogP contribution in [0.15, 0.2) is 72.8 Å². The van der Waals surface area contributed by atoms with Crippen molar-refractivity contribution in [2.24, 2.45) is 0 Å². The molecule has 0 aliphatic rings. The summed E-state index contributed by atoms with van der Waals surface area (Å²) in [6.45, 7) is 7.56. The lowest BCUT2D eigenvalue weighted by atomic mass is 10.1. The molecule has 0 aliphatic heterocycles. The molecular weight excluding hydrogens is 414 g/mol. The molecule has 0 atom stereocenters. The fourth-order valence-corrected chi connectivity index (χ4v) is 3.93. The molecule has 4 rings (SSSR count). The number of benzene rings is 4.